The van der Waals surface area contributed by atoms with Gasteiger partial charge in [-0.05, 0) is 12.0 Å². The summed E-state index contributed by atoms with van der Waals surface area (Å²) in [7, 11) is 0. The number of rotatable bonds is 4. The van der Waals surface area contributed by atoms with Crippen molar-refractivity contribution in [3.05, 3.63) is 47.5 Å². The number of hydrogen-bond acceptors (Lipinski definition) is 2. The molecule has 0 spiro atoms. The van der Waals surface area contributed by atoms with Gasteiger partial charge in [0.05, 0.1) is 0 Å². The Bertz CT molecular complexity index is 377. The number of piperazine rings is 1. The third-order valence-electron chi connectivity index (χ3n) is 3.64. The Hall–Kier alpha value is -0.830. The molecule has 1 aliphatic heterocycles. The van der Waals surface area contributed by atoms with Crippen molar-refractivity contribution in [3.63, 3.8) is 0 Å². The van der Waals surface area contributed by atoms with Gasteiger partial charge in [0.2, 0.25) is 0 Å². The van der Waals surface area contributed by atoms with E-state index in [2.05, 4.69) is 47.5 Å². The average Bonchev–Trinajstić information content (AvgIpc) is 2.45. The van der Waals surface area contributed by atoms with E-state index in [1.54, 1.807) is 5.54 Å². The van der Waals surface area contributed by atoms with Crippen LogP contribution in [0.15, 0.2) is 41.9 Å². The van der Waals surface area contributed by atoms with Crippen LogP contribution in [-0.2, 0) is 0 Å². The Morgan fingerprint density at radius 1 is 1.39 bits per heavy atom. The van der Waals surface area contributed by atoms with E-state index in [1.165, 1.54) is 12.0 Å². The van der Waals surface area contributed by atoms with Crippen molar-refractivity contribution < 1.29 is 0 Å². The van der Waals surface area contributed by atoms with E-state index in [0.717, 1.165) is 19.6 Å². The van der Waals surface area contributed by atoms with Crippen LogP contribution >= 0.6 is 11.6 Å². The number of nitrogens with zero attached hydrogens (tertiary/aromatic N) is 1. The second-order valence-electron chi connectivity index (χ2n) is 4.75. The van der Waals surface area contributed by atoms with E-state index in [1.807, 2.05) is 6.08 Å². The highest BCUT2D eigenvalue weighted by Crippen LogP contribution is 2.20. The molecule has 1 N–H and O–H groups in total. The van der Waals surface area contributed by atoms with Gasteiger partial charge in [0.15, 0.2) is 0 Å². The van der Waals surface area contributed by atoms with Gasteiger partial charge in [0.1, 0.15) is 0 Å². The fourth-order valence-corrected chi connectivity index (χ4v) is 2.65. The molecule has 0 saturated carbocycles. The number of nitrogens with one attached hydrogen (secondary N) is 1. The molecule has 1 saturated heterocycles. The predicted molar refractivity (Wildman–Crippen MR) is 77.8 cm³/mol. The van der Waals surface area contributed by atoms with Crippen molar-refractivity contribution in [1.82, 2.24) is 10.2 Å². The number of benzene rings is 1. The van der Waals surface area contributed by atoms with Crippen LogP contribution in [0.2, 0.25) is 0 Å². The molecular weight excluding hydrogens is 244 g/mol. The van der Waals surface area contributed by atoms with Gasteiger partial charge >= 0.3 is 0 Å². The Morgan fingerprint density at radius 2 is 2.17 bits per heavy atom. The highest BCUT2D eigenvalue weighted by atomic mass is 35.5. The average molecular weight is 265 g/mol. The number of halogens is 1. The van der Waals surface area contributed by atoms with Crippen LogP contribution in [0.4, 0.5) is 0 Å². The molecular formula is C15H21ClN2. The van der Waals surface area contributed by atoms with Gasteiger partial charge in [-0.1, -0.05) is 54.9 Å². The van der Waals surface area contributed by atoms with Crippen molar-refractivity contribution in [3.8, 4) is 0 Å². The van der Waals surface area contributed by atoms with Crippen molar-refractivity contribution in [1.29, 1.82) is 0 Å². The third kappa shape index (κ3) is 3.35. The zero-order valence-electron chi connectivity index (χ0n) is 10.8. The Kier molecular flexibility index (Phi) is 5.24. The number of hydrogen-bond donors (Lipinski definition) is 1. The summed E-state index contributed by atoms with van der Waals surface area (Å²) in [5, 5.41) is 3.64. The molecule has 1 heterocycles. The molecule has 0 amide bonds. The Morgan fingerprint density at radius 3 is 2.83 bits per heavy atom. The van der Waals surface area contributed by atoms with Crippen LogP contribution < -0.4 is 5.32 Å². The first-order chi connectivity index (χ1) is 8.85. The van der Waals surface area contributed by atoms with Crippen molar-refractivity contribution in [2.24, 2.45) is 0 Å². The van der Waals surface area contributed by atoms with Gasteiger partial charge in [-0.3, -0.25) is 4.90 Å². The van der Waals surface area contributed by atoms with Gasteiger partial charge in [-0.15, -0.1) is 0 Å². The summed E-state index contributed by atoms with van der Waals surface area (Å²) in [4.78, 5) is 2.51. The molecule has 2 rings (SSSR count). The maximum Gasteiger partial charge on any atom is 0.0450 e. The van der Waals surface area contributed by atoms with Crippen LogP contribution in [0.1, 0.15) is 24.9 Å². The maximum absolute atomic E-state index is 5.64. The van der Waals surface area contributed by atoms with E-state index in [-0.39, 0.29) is 0 Å². The van der Waals surface area contributed by atoms with Gasteiger partial charge < -0.3 is 5.32 Å². The maximum atomic E-state index is 5.64. The smallest absolute Gasteiger partial charge is 0.0450 e. The standard InChI is InChI=1S/C15H21ClN2/c1-2-14-11-17-15(12-18(14)10-6-9-16)13-7-4-3-5-8-13/h3-9,14-15,17H,2,10-12H2,1H3/b9-6+. The topological polar surface area (TPSA) is 15.3 Å². The van der Waals surface area contributed by atoms with Crippen LogP contribution in [-0.4, -0.2) is 30.6 Å². The highest BCUT2D eigenvalue weighted by molar-refractivity contribution is 6.25. The molecule has 3 heteroatoms. The van der Waals surface area contributed by atoms with Crippen LogP contribution in [0, 0.1) is 0 Å². The van der Waals surface area contributed by atoms with E-state index >= 15 is 0 Å². The monoisotopic (exact) mass is 264 g/mol. The molecule has 2 nitrogen and oxygen atoms in total. The van der Waals surface area contributed by atoms with Crippen molar-refractivity contribution in [2.75, 3.05) is 19.6 Å². The molecule has 0 bridgehead atoms. The Balaban J connectivity index is 2.04. The van der Waals surface area contributed by atoms with Crippen molar-refractivity contribution >= 4 is 11.6 Å². The minimum Gasteiger partial charge on any atom is -0.307 e. The first kappa shape index (κ1) is 13.6. The van der Waals surface area contributed by atoms with E-state index < -0.39 is 0 Å². The Labute approximate surface area is 115 Å². The van der Waals surface area contributed by atoms with Gasteiger partial charge in [0, 0.05) is 37.3 Å². The fraction of sp³-hybridized carbons (Fsp3) is 0.467. The van der Waals surface area contributed by atoms with E-state index in [4.69, 9.17) is 11.6 Å². The quantitative estimate of drug-likeness (QED) is 0.899. The SMILES string of the molecule is CCC1CNC(c2ccccc2)CN1C/C=C/Cl. The molecule has 0 aromatic heterocycles. The minimum absolute atomic E-state index is 0.428. The summed E-state index contributed by atoms with van der Waals surface area (Å²) in [6.07, 6.45) is 3.20. The summed E-state index contributed by atoms with van der Waals surface area (Å²) in [5.41, 5.74) is 2.98. The highest BCUT2D eigenvalue weighted by Gasteiger charge is 2.26. The largest absolute Gasteiger partial charge is 0.307 e. The lowest BCUT2D eigenvalue weighted by atomic mass is 10.0. The molecule has 1 aliphatic rings. The molecule has 1 aromatic rings. The van der Waals surface area contributed by atoms with Gasteiger partial charge in [-0.25, -0.2) is 0 Å². The molecule has 2 unspecified atom stereocenters. The second-order valence-corrected chi connectivity index (χ2v) is 5.00. The van der Waals surface area contributed by atoms with Crippen LogP contribution in [0.3, 0.4) is 0 Å². The lowest BCUT2D eigenvalue weighted by Crippen LogP contribution is -2.52. The molecule has 1 aromatic carbocycles. The zero-order chi connectivity index (χ0) is 12.8. The van der Waals surface area contributed by atoms with E-state index in [0.29, 0.717) is 12.1 Å². The summed E-state index contributed by atoms with van der Waals surface area (Å²) in [5.74, 6) is 0. The van der Waals surface area contributed by atoms with Gasteiger partial charge in [-0.2, -0.15) is 0 Å². The first-order valence-corrected chi connectivity index (χ1v) is 7.06. The van der Waals surface area contributed by atoms with Crippen LogP contribution in [0.25, 0.3) is 0 Å². The molecule has 0 radical (unpaired) electrons. The zero-order valence-corrected chi connectivity index (χ0v) is 11.6. The fourth-order valence-electron chi connectivity index (χ4n) is 2.57. The second kappa shape index (κ2) is 6.93. The summed E-state index contributed by atoms with van der Waals surface area (Å²) >= 11 is 5.64. The first-order valence-electron chi connectivity index (χ1n) is 6.62. The lowest BCUT2D eigenvalue weighted by Gasteiger charge is -2.39. The predicted octanol–water partition coefficient (Wildman–Crippen LogP) is 3.16. The summed E-state index contributed by atoms with van der Waals surface area (Å²) in [6.45, 7) is 5.27. The summed E-state index contributed by atoms with van der Waals surface area (Å²) in [6, 6.07) is 11.7. The molecule has 98 valence electrons. The van der Waals surface area contributed by atoms with Gasteiger partial charge in [0.25, 0.3) is 0 Å². The van der Waals surface area contributed by atoms with Crippen LogP contribution in [0.5, 0.6) is 0 Å². The normalized spacial score (nSPS) is 25.7. The third-order valence-corrected chi connectivity index (χ3v) is 3.81. The molecule has 0 aliphatic carbocycles. The molecule has 2 atom stereocenters. The molecule has 1 fully saturated rings. The minimum atomic E-state index is 0.428. The van der Waals surface area contributed by atoms with E-state index in [9.17, 15) is 0 Å². The van der Waals surface area contributed by atoms with Crippen molar-refractivity contribution in [2.45, 2.75) is 25.4 Å². The summed E-state index contributed by atoms with van der Waals surface area (Å²) < 4.78 is 0. The molecule has 18 heavy (non-hydrogen) atoms. The lowest BCUT2D eigenvalue weighted by molar-refractivity contribution is 0.141.